The van der Waals surface area contributed by atoms with Crippen molar-refractivity contribution in [2.24, 2.45) is 5.73 Å². The fourth-order valence-electron chi connectivity index (χ4n) is 1.52. The summed E-state index contributed by atoms with van der Waals surface area (Å²) in [5.41, 5.74) is 6.62. The molecule has 18 heavy (non-hydrogen) atoms. The van der Waals surface area contributed by atoms with Crippen molar-refractivity contribution in [3.63, 3.8) is 0 Å². The molecule has 0 unspecified atom stereocenters. The Morgan fingerprint density at radius 2 is 2.17 bits per heavy atom. The number of aromatic nitrogens is 2. The van der Waals surface area contributed by atoms with E-state index in [-0.39, 0.29) is 5.91 Å². The number of carbonyl (C=O) groups is 1. The summed E-state index contributed by atoms with van der Waals surface area (Å²) in [6.45, 7) is 0.418. The molecule has 6 heteroatoms. The lowest BCUT2D eigenvalue weighted by Crippen LogP contribution is -2.35. The highest BCUT2D eigenvalue weighted by molar-refractivity contribution is 5.82. The van der Waals surface area contributed by atoms with Gasteiger partial charge < -0.3 is 15.6 Å². The molecule has 6 nitrogen and oxygen atoms in total. The van der Waals surface area contributed by atoms with Crippen LogP contribution in [-0.4, -0.2) is 22.6 Å². The van der Waals surface area contributed by atoms with Crippen LogP contribution < -0.4 is 11.1 Å². The van der Waals surface area contributed by atoms with E-state index >= 15 is 0 Å². The highest BCUT2D eigenvalue weighted by Gasteiger charge is 2.14. The van der Waals surface area contributed by atoms with Crippen LogP contribution in [0.3, 0.4) is 0 Å². The average Bonchev–Trinajstić information content (AvgIpc) is 2.92. The minimum atomic E-state index is -0.658. The number of nitrogens with two attached hydrogens (primary N) is 1. The Labute approximate surface area is 104 Å². The van der Waals surface area contributed by atoms with Crippen molar-refractivity contribution in [2.45, 2.75) is 12.5 Å². The molecule has 0 saturated carbocycles. The van der Waals surface area contributed by atoms with Gasteiger partial charge in [-0.25, -0.2) is 0 Å². The van der Waals surface area contributed by atoms with Gasteiger partial charge in [0.05, 0.1) is 0 Å². The molecule has 0 aliphatic heterocycles. The normalized spacial score (nSPS) is 12.1. The molecule has 0 fully saturated rings. The van der Waals surface area contributed by atoms with Crippen molar-refractivity contribution >= 4 is 5.91 Å². The molecule has 0 aliphatic rings. The Bertz CT molecular complexity index is 484. The van der Waals surface area contributed by atoms with Crippen LogP contribution in [0.1, 0.15) is 17.5 Å². The van der Waals surface area contributed by atoms with Crippen LogP contribution in [-0.2, 0) is 11.2 Å². The Morgan fingerprint density at radius 3 is 2.83 bits per heavy atom. The first-order chi connectivity index (χ1) is 8.77. The third-order valence-corrected chi connectivity index (χ3v) is 2.49. The third-order valence-electron chi connectivity index (χ3n) is 2.49. The molecular weight excluding hydrogens is 232 g/mol. The SMILES string of the molecule is N[C@@H](C(=O)NCCc1ncno1)c1ccccc1. The molecule has 0 aliphatic carbocycles. The molecule has 3 N–H and O–H groups in total. The van der Waals surface area contributed by atoms with Crippen LogP contribution in [0.15, 0.2) is 41.2 Å². The average molecular weight is 246 g/mol. The van der Waals surface area contributed by atoms with E-state index in [1.54, 1.807) is 0 Å². The van der Waals surface area contributed by atoms with Crippen LogP contribution in [0.25, 0.3) is 0 Å². The summed E-state index contributed by atoms with van der Waals surface area (Å²) in [5.74, 6) is 0.268. The van der Waals surface area contributed by atoms with Gasteiger partial charge in [0.1, 0.15) is 6.04 Å². The third kappa shape index (κ3) is 3.14. The molecule has 2 rings (SSSR count). The minimum absolute atomic E-state index is 0.222. The molecule has 1 aromatic heterocycles. The quantitative estimate of drug-likeness (QED) is 0.797. The number of hydrogen-bond acceptors (Lipinski definition) is 5. The van der Waals surface area contributed by atoms with Crippen molar-refractivity contribution in [3.05, 3.63) is 48.1 Å². The smallest absolute Gasteiger partial charge is 0.241 e. The van der Waals surface area contributed by atoms with Crippen molar-refractivity contribution in [2.75, 3.05) is 6.54 Å². The maximum atomic E-state index is 11.8. The van der Waals surface area contributed by atoms with E-state index in [9.17, 15) is 4.79 Å². The van der Waals surface area contributed by atoms with E-state index in [2.05, 4.69) is 15.5 Å². The zero-order valence-corrected chi connectivity index (χ0v) is 9.74. The van der Waals surface area contributed by atoms with Gasteiger partial charge in [0, 0.05) is 13.0 Å². The second-order valence-corrected chi connectivity index (χ2v) is 3.76. The number of nitrogens with zero attached hydrogens (tertiary/aromatic N) is 2. The highest BCUT2D eigenvalue weighted by Crippen LogP contribution is 2.08. The predicted octanol–water partition coefficient (Wildman–Crippen LogP) is 0.428. The molecule has 0 saturated heterocycles. The van der Waals surface area contributed by atoms with Crippen LogP contribution in [0.4, 0.5) is 0 Å². The van der Waals surface area contributed by atoms with Gasteiger partial charge in [-0.3, -0.25) is 4.79 Å². The molecule has 1 aromatic carbocycles. The standard InChI is InChI=1S/C12H14N4O2/c13-11(9-4-2-1-3-5-9)12(17)14-7-6-10-15-8-16-18-10/h1-5,8,11H,6-7,13H2,(H,14,17)/t11-/m1/s1. The lowest BCUT2D eigenvalue weighted by molar-refractivity contribution is -0.122. The van der Waals surface area contributed by atoms with E-state index in [4.69, 9.17) is 10.3 Å². The second kappa shape index (κ2) is 5.92. The first-order valence-electron chi connectivity index (χ1n) is 5.61. The van der Waals surface area contributed by atoms with E-state index < -0.39 is 6.04 Å². The van der Waals surface area contributed by atoms with Gasteiger partial charge in [0.2, 0.25) is 11.8 Å². The van der Waals surface area contributed by atoms with Gasteiger partial charge >= 0.3 is 0 Å². The molecule has 0 spiro atoms. The lowest BCUT2D eigenvalue weighted by Gasteiger charge is -2.11. The van der Waals surface area contributed by atoms with E-state index in [0.29, 0.717) is 18.9 Å². The van der Waals surface area contributed by atoms with Gasteiger partial charge in [0.15, 0.2) is 6.33 Å². The van der Waals surface area contributed by atoms with Gasteiger partial charge in [-0.05, 0) is 5.56 Å². The number of amides is 1. The Morgan fingerprint density at radius 1 is 1.39 bits per heavy atom. The van der Waals surface area contributed by atoms with Crippen LogP contribution in [0.2, 0.25) is 0 Å². The molecule has 0 radical (unpaired) electrons. The summed E-state index contributed by atoms with van der Waals surface area (Å²) in [4.78, 5) is 15.6. The topological polar surface area (TPSA) is 94.0 Å². The molecule has 1 heterocycles. The van der Waals surface area contributed by atoms with Crippen molar-refractivity contribution in [1.29, 1.82) is 0 Å². The summed E-state index contributed by atoms with van der Waals surface area (Å²) in [6, 6.07) is 8.56. The molecule has 94 valence electrons. The number of benzene rings is 1. The van der Waals surface area contributed by atoms with Crippen LogP contribution in [0, 0.1) is 0 Å². The first kappa shape index (κ1) is 12.3. The van der Waals surface area contributed by atoms with E-state index in [1.807, 2.05) is 30.3 Å². The molecule has 2 aromatic rings. The Balaban J connectivity index is 1.81. The van der Waals surface area contributed by atoms with Gasteiger partial charge in [-0.15, -0.1) is 0 Å². The summed E-state index contributed by atoms with van der Waals surface area (Å²) in [6.07, 6.45) is 1.82. The minimum Gasteiger partial charge on any atom is -0.354 e. The van der Waals surface area contributed by atoms with Gasteiger partial charge in [-0.2, -0.15) is 4.98 Å². The maximum Gasteiger partial charge on any atom is 0.241 e. The fraction of sp³-hybridized carbons (Fsp3) is 0.250. The highest BCUT2D eigenvalue weighted by atomic mass is 16.5. The van der Waals surface area contributed by atoms with Crippen LogP contribution in [0.5, 0.6) is 0 Å². The zero-order valence-electron chi connectivity index (χ0n) is 9.74. The second-order valence-electron chi connectivity index (χ2n) is 3.76. The summed E-state index contributed by atoms with van der Waals surface area (Å²) in [7, 11) is 0. The van der Waals surface area contributed by atoms with Crippen molar-refractivity contribution < 1.29 is 9.32 Å². The first-order valence-corrected chi connectivity index (χ1v) is 5.61. The molecular formula is C12H14N4O2. The number of nitrogens with one attached hydrogen (secondary N) is 1. The van der Waals surface area contributed by atoms with E-state index in [0.717, 1.165) is 5.56 Å². The van der Waals surface area contributed by atoms with Crippen molar-refractivity contribution in [3.8, 4) is 0 Å². The Hall–Kier alpha value is -2.21. The van der Waals surface area contributed by atoms with Crippen LogP contribution >= 0.6 is 0 Å². The largest absolute Gasteiger partial charge is 0.354 e. The number of carbonyl (C=O) groups excluding carboxylic acids is 1. The fourth-order valence-corrected chi connectivity index (χ4v) is 1.52. The lowest BCUT2D eigenvalue weighted by atomic mass is 10.1. The van der Waals surface area contributed by atoms with E-state index in [1.165, 1.54) is 6.33 Å². The zero-order chi connectivity index (χ0) is 12.8. The predicted molar refractivity (Wildman–Crippen MR) is 64.4 cm³/mol. The summed E-state index contributed by atoms with van der Waals surface area (Å²) < 4.78 is 4.82. The Kier molecular flexibility index (Phi) is 4.03. The monoisotopic (exact) mass is 246 g/mol. The van der Waals surface area contributed by atoms with Crippen molar-refractivity contribution in [1.82, 2.24) is 15.5 Å². The van der Waals surface area contributed by atoms with Gasteiger partial charge in [-0.1, -0.05) is 35.5 Å². The molecule has 0 bridgehead atoms. The van der Waals surface area contributed by atoms with Gasteiger partial charge in [0.25, 0.3) is 0 Å². The summed E-state index contributed by atoms with van der Waals surface area (Å²) in [5, 5.41) is 6.21. The summed E-state index contributed by atoms with van der Waals surface area (Å²) >= 11 is 0. The molecule has 1 amide bonds. The maximum absolute atomic E-state index is 11.8. The molecule has 1 atom stereocenters. The number of rotatable bonds is 5. The number of hydrogen-bond donors (Lipinski definition) is 2.